The number of hydrogen-bond acceptors (Lipinski definition) is 4. The van der Waals surface area contributed by atoms with Crippen LogP contribution in [0.4, 0.5) is 0 Å². The zero-order valence-corrected chi connectivity index (χ0v) is 12.4. The number of esters is 1. The molecule has 0 saturated carbocycles. The van der Waals surface area contributed by atoms with E-state index in [9.17, 15) is 9.59 Å². The van der Waals surface area contributed by atoms with E-state index in [0.717, 1.165) is 0 Å². The fourth-order valence-electron chi connectivity index (χ4n) is 1.53. The molecule has 0 aliphatic rings. The molecule has 0 fully saturated rings. The van der Waals surface area contributed by atoms with E-state index < -0.39 is 23.6 Å². The first-order valence-corrected chi connectivity index (χ1v) is 6.48. The molecule has 1 aromatic carbocycles. The number of nitrogens with two attached hydrogens (primary N) is 1. The first-order chi connectivity index (χ1) is 9.10. The van der Waals surface area contributed by atoms with Gasteiger partial charge in [-0.2, -0.15) is 0 Å². The Balaban J connectivity index is 2.88. The highest BCUT2D eigenvalue weighted by Crippen LogP contribution is 2.22. The molecule has 0 spiro atoms. The number of carbonyl (C=O) groups excluding carboxylic acids is 1. The second-order valence-electron chi connectivity index (χ2n) is 5.46. The number of hydrogen-bond donors (Lipinski definition) is 2. The molecule has 20 heavy (non-hydrogen) atoms. The summed E-state index contributed by atoms with van der Waals surface area (Å²) in [4.78, 5) is 22.6. The van der Waals surface area contributed by atoms with Crippen LogP contribution < -0.4 is 5.73 Å². The minimum absolute atomic E-state index is 0.143. The van der Waals surface area contributed by atoms with Crippen molar-refractivity contribution in [2.45, 2.75) is 38.8 Å². The molecule has 0 bridgehead atoms. The zero-order valence-electron chi connectivity index (χ0n) is 11.6. The third-order valence-corrected chi connectivity index (χ3v) is 2.74. The second-order valence-corrected chi connectivity index (χ2v) is 5.87. The molecule has 0 heterocycles. The first kappa shape index (κ1) is 16.5. The molecule has 1 aromatic rings. The third kappa shape index (κ3) is 4.83. The van der Waals surface area contributed by atoms with E-state index in [4.69, 9.17) is 27.2 Å². The van der Waals surface area contributed by atoms with Crippen LogP contribution in [0.1, 0.15) is 36.7 Å². The molecule has 0 aliphatic heterocycles. The van der Waals surface area contributed by atoms with Gasteiger partial charge in [0.25, 0.3) is 0 Å². The summed E-state index contributed by atoms with van der Waals surface area (Å²) in [6, 6.07) is 3.66. The van der Waals surface area contributed by atoms with Crippen LogP contribution in [-0.2, 0) is 16.0 Å². The van der Waals surface area contributed by atoms with E-state index in [1.54, 1.807) is 26.8 Å². The Morgan fingerprint density at radius 1 is 1.40 bits per heavy atom. The first-order valence-electron chi connectivity index (χ1n) is 6.10. The van der Waals surface area contributed by atoms with Gasteiger partial charge in [0.2, 0.25) is 0 Å². The number of carboxylic acid groups (broad SMARTS) is 1. The van der Waals surface area contributed by atoms with Gasteiger partial charge in [0.1, 0.15) is 11.6 Å². The Kier molecular flexibility index (Phi) is 5.14. The Hall–Kier alpha value is -1.59. The van der Waals surface area contributed by atoms with E-state index in [-0.39, 0.29) is 17.0 Å². The lowest BCUT2D eigenvalue weighted by Gasteiger charge is -2.20. The van der Waals surface area contributed by atoms with Gasteiger partial charge in [-0.05, 0) is 44.9 Å². The fourth-order valence-corrected chi connectivity index (χ4v) is 1.81. The fraction of sp³-hybridized carbons (Fsp3) is 0.429. The van der Waals surface area contributed by atoms with E-state index >= 15 is 0 Å². The Labute approximate surface area is 122 Å². The summed E-state index contributed by atoms with van der Waals surface area (Å²) in [6.45, 7) is 5.29. The summed E-state index contributed by atoms with van der Waals surface area (Å²) in [7, 11) is 0. The lowest BCUT2D eigenvalue weighted by Crippen LogP contribution is -2.32. The van der Waals surface area contributed by atoms with Gasteiger partial charge in [-0.3, -0.25) is 4.79 Å². The predicted molar refractivity (Wildman–Crippen MR) is 75.9 cm³/mol. The Bertz CT molecular complexity index is 522. The lowest BCUT2D eigenvalue weighted by molar-refractivity contribution is -0.138. The van der Waals surface area contributed by atoms with Gasteiger partial charge in [-0.15, -0.1) is 0 Å². The SMILES string of the molecule is CC(C)(C)OC(=O)c1ccc(C[C@H](N)C(=O)O)cc1Cl. The minimum atomic E-state index is -1.09. The van der Waals surface area contributed by atoms with Crippen LogP contribution in [0, 0.1) is 0 Å². The normalized spacial score (nSPS) is 12.8. The molecule has 0 unspecified atom stereocenters. The predicted octanol–water partition coefficient (Wildman–Crippen LogP) is 2.25. The number of carboxylic acids is 1. The van der Waals surface area contributed by atoms with Crippen LogP contribution in [0.25, 0.3) is 0 Å². The molecule has 6 heteroatoms. The molecular formula is C14H18ClNO4. The average Bonchev–Trinajstić information content (AvgIpc) is 2.26. The van der Waals surface area contributed by atoms with Crippen LogP contribution in [-0.4, -0.2) is 28.7 Å². The number of benzene rings is 1. The molecule has 0 saturated heterocycles. The van der Waals surface area contributed by atoms with Crippen molar-refractivity contribution in [2.24, 2.45) is 5.73 Å². The van der Waals surface area contributed by atoms with Crippen molar-refractivity contribution in [3.05, 3.63) is 34.3 Å². The van der Waals surface area contributed by atoms with Crippen LogP contribution >= 0.6 is 11.6 Å². The molecular weight excluding hydrogens is 282 g/mol. The van der Waals surface area contributed by atoms with E-state index in [0.29, 0.717) is 5.56 Å². The van der Waals surface area contributed by atoms with Gasteiger partial charge >= 0.3 is 11.9 Å². The molecule has 0 aliphatic carbocycles. The molecule has 1 atom stereocenters. The monoisotopic (exact) mass is 299 g/mol. The molecule has 3 N–H and O–H groups in total. The second kappa shape index (κ2) is 6.24. The van der Waals surface area contributed by atoms with Crippen molar-refractivity contribution in [1.82, 2.24) is 0 Å². The quantitative estimate of drug-likeness (QED) is 0.832. The van der Waals surface area contributed by atoms with Crippen molar-refractivity contribution in [3.63, 3.8) is 0 Å². The summed E-state index contributed by atoms with van der Waals surface area (Å²) < 4.78 is 5.22. The van der Waals surface area contributed by atoms with Gasteiger partial charge in [0.05, 0.1) is 10.6 Å². The van der Waals surface area contributed by atoms with Crippen LogP contribution in [0.5, 0.6) is 0 Å². The van der Waals surface area contributed by atoms with Gasteiger partial charge in [0.15, 0.2) is 0 Å². The van der Waals surface area contributed by atoms with Gasteiger partial charge < -0.3 is 15.6 Å². The maximum atomic E-state index is 11.9. The Morgan fingerprint density at radius 3 is 2.45 bits per heavy atom. The summed E-state index contributed by atoms with van der Waals surface area (Å²) in [5.74, 6) is -1.60. The van der Waals surface area contributed by atoms with E-state index in [1.807, 2.05) is 0 Å². The molecule has 1 rings (SSSR count). The van der Waals surface area contributed by atoms with Crippen molar-refractivity contribution < 1.29 is 19.4 Å². The smallest absolute Gasteiger partial charge is 0.340 e. The average molecular weight is 300 g/mol. The molecule has 0 amide bonds. The highest BCUT2D eigenvalue weighted by atomic mass is 35.5. The van der Waals surface area contributed by atoms with Gasteiger partial charge in [0, 0.05) is 0 Å². The number of halogens is 1. The molecule has 110 valence electrons. The lowest BCUT2D eigenvalue weighted by atomic mass is 10.0. The minimum Gasteiger partial charge on any atom is -0.480 e. The number of ether oxygens (including phenoxy) is 1. The van der Waals surface area contributed by atoms with Crippen molar-refractivity contribution in [3.8, 4) is 0 Å². The summed E-state index contributed by atoms with van der Waals surface area (Å²) in [6.07, 6.45) is 0.143. The van der Waals surface area contributed by atoms with E-state index in [1.165, 1.54) is 12.1 Å². The number of rotatable bonds is 4. The van der Waals surface area contributed by atoms with E-state index in [2.05, 4.69) is 0 Å². The van der Waals surface area contributed by atoms with Crippen molar-refractivity contribution in [2.75, 3.05) is 0 Å². The Morgan fingerprint density at radius 2 is 2.00 bits per heavy atom. The highest BCUT2D eigenvalue weighted by Gasteiger charge is 2.20. The maximum Gasteiger partial charge on any atom is 0.340 e. The number of carbonyl (C=O) groups is 2. The summed E-state index contributed by atoms with van der Waals surface area (Å²) >= 11 is 6.03. The largest absolute Gasteiger partial charge is 0.480 e. The molecule has 0 aromatic heterocycles. The van der Waals surface area contributed by atoms with Crippen LogP contribution in [0.15, 0.2) is 18.2 Å². The summed E-state index contributed by atoms with van der Waals surface area (Å²) in [5, 5.41) is 8.97. The molecule has 0 radical (unpaired) electrons. The highest BCUT2D eigenvalue weighted by molar-refractivity contribution is 6.33. The van der Waals surface area contributed by atoms with Crippen molar-refractivity contribution in [1.29, 1.82) is 0 Å². The number of aliphatic carboxylic acids is 1. The maximum absolute atomic E-state index is 11.9. The topological polar surface area (TPSA) is 89.6 Å². The van der Waals surface area contributed by atoms with Crippen LogP contribution in [0.2, 0.25) is 5.02 Å². The van der Waals surface area contributed by atoms with Crippen molar-refractivity contribution >= 4 is 23.5 Å². The molecule has 5 nitrogen and oxygen atoms in total. The van der Waals surface area contributed by atoms with Gasteiger partial charge in [-0.1, -0.05) is 17.7 Å². The zero-order chi connectivity index (χ0) is 15.5. The van der Waals surface area contributed by atoms with Crippen LogP contribution in [0.3, 0.4) is 0 Å². The van der Waals surface area contributed by atoms with Gasteiger partial charge in [-0.25, -0.2) is 4.79 Å². The standard InChI is InChI=1S/C14H18ClNO4/c1-14(2,3)20-13(19)9-5-4-8(6-10(9)15)7-11(16)12(17)18/h4-6,11H,7,16H2,1-3H3,(H,17,18)/t11-/m0/s1. The third-order valence-electron chi connectivity index (χ3n) is 2.43. The summed E-state index contributed by atoms with van der Waals surface area (Å²) in [5.41, 5.74) is 5.73.